The molecule has 0 spiro atoms. The van der Waals surface area contributed by atoms with Crippen LogP contribution in [-0.2, 0) is 4.79 Å². The second-order valence-electron chi connectivity index (χ2n) is 7.07. The van der Waals surface area contributed by atoms with Gasteiger partial charge in [-0.05, 0) is 64.4 Å². The number of amides is 1. The Hall–Kier alpha value is -2.21. The summed E-state index contributed by atoms with van der Waals surface area (Å²) in [5.41, 5.74) is 2.05. The Balaban J connectivity index is 1.55. The van der Waals surface area contributed by atoms with E-state index in [9.17, 15) is 4.79 Å². The van der Waals surface area contributed by atoms with E-state index >= 15 is 0 Å². The first kappa shape index (κ1) is 17.6. The zero-order valence-electron chi connectivity index (χ0n) is 15.2. The minimum Gasteiger partial charge on any atom is -0.349 e. The van der Waals surface area contributed by atoms with Crippen molar-refractivity contribution in [2.45, 2.75) is 45.7 Å². The van der Waals surface area contributed by atoms with Gasteiger partial charge in [-0.15, -0.1) is 0 Å². The van der Waals surface area contributed by atoms with Crippen LogP contribution in [-0.4, -0.2) is 44.7 Å². The van der Waals surface area contributed by atoms with Gasteiger partial charge in [0.15, 0.2) is 0 Å². The number of hydrogen-bond acceptors (Lipinski definition) is 4. The van der Waals surface area contributed by atoms with Crippen molar-refractivity contribution in [3.8, 4) is 5.69 Å². The van der Waals surface area contributed by atoms with Gasteiger partial charge in [0.25, 0.3) is 0 Å². The van der Waals surface area contributed by atoms with Crippen LogP contribution in [0.1, 0.15) is 45.2 Å². The molecule has 3 rings (SSSR count). The Morgan fingerprint density at radius 3 is 2.40 bits per heavy atom. The molecule has 1 atom stereocenters. The highest BCUT2D eigenvalue weighted by Gasteiger charge is 2.26. The highest BCUT2D eigenvalue weighted by molar-refractivity contribution is 5.79. The largest absolute Gasteiger partial charge is 0.349 e. The SMILES string of the molecule is CC(NC(=O)C1CCN(C(C)C)CC1)c1ccc(-n2cncn2)cc1. The molecule has 25 heavy (non-hydrogen) atoms. The standard InChI is InChI=1S/C19H27N5O/c1-14(2)23-10-8-17(9-11-23)19(25)22-15(3)16-4-6-18(7-5-16)24-13-20-12-21-24/h4-7,12-15,17H,8-11H2,1-3H3,(H,22,25). The van der Waals surface area contributed by atoms with Crippen molar-refractivity contribution < 1.29 is 4.79 Å². The average molecular weight is 341 g/mol. The molecule has 1 aliphatic heterocycles. The number of piperidine rings is 1. The first-order chi connectivity index (χ1) is 12.0. The Morgan fingerprint density at radius 1 is 1.16 bits per heavy atom. The van der Waals surface area contributed by atoms with E-state index in [2.05, 4.69) is 34.1 Å². The number of hydrogen-bond donors (Lipinski definition) is 1. The molecule has 1 aromatic heterocycles. The summed E-state index contributed by atoms with van der Waals surface area (Å²) in [6, 6.07) is 8.61. The fourth-order valence-corrected chi connectivity index (χ4v) is 3.35. The van der Waals surface area contributed by atoms with Crippen molar-refractivity contribution in [3.05, 3.63) is 42.5 Å². The summed E-state index contributed by atoms with van der Waals surface area (Å²) >= 11 is 0. The predicted octanol–water partition coefficient (Wildman–Crippen LogP) is 2.56. The predicted molar refractivity (Wildman–Crippen MR) is 97.3 cm³/mol. The quantitative estimate of drug-likeness (QED) is 0.908. The maximum absolute atomic E-state index is 12.6. The molecule has 1 N–H and O–H groups in total. The summed E-state index contributed by atoms with van der Waals surface area (Å²) in [6.45, 7) is 8.48. The smallest absolute Gasteiger partial charge is 0.223 e. The molecule has 2 aromatic rings. The van der Waals surface area contributed by atoms with E-state index in [4.69, 9.17) is 0 Å². The minimum absolute atomic E-state index is 0.000393. The maximum atomic E-state index is 12.6. The minimum atomic E-state index is 0.000393. The van der Waals surface area contributed by atoms with E-state index in [1.807, 2.05) is 31.2 Å². The Morgan fingerprint density at radius 2 is 1.84 bits per heavy atom. The number of carbonyl (C=O) groups excluding carboxylic acids is 1. The summed E-state index contributed by atoms with van der Waals surface area (Å²) in [6.07, 6.45) is 5.08. The molecule has 1 amide bonds. The third-order valence-electron chi connectivity index (χ3n) is 5.07. The lowest BCUT2D eigenvalue weighted by Crippen LogP contribution is -2.43. The van der Waals surface area contributed by atoms with Crippen LogP contribution in [0.15, 0.2) is 36.9 Å². The molecular formula is C19H27N5O. The number of aromatic nitrogens is 3. The van der Waals surface area contributed by atoms with Crippen LogP contribution in [0.2, 0.25) is 0 Å². The Bertz CT molecular complexity index is 672. The van der Waals surface area contributed by atoms with Crippen LogP contribution in [0.4, 0.5) is 0 Å². The number of benzene rings is 1. The normalized spacial score (nSPS) is 17.6. The molecule has 1 fully saturated rings. The summed E-state index contributed by atoms with van der Waals surface area (Å²) in [5.74, 6) is 0.308. The lowest BCUT2D eigenvalue weighted by molar-refractivity contribution is -0.127. The third kappa shape index (κ3) is 4.25. The van der Waals surface area contributed by atoms with Crippen molar-refractivity contribution in [2.24, 2.45) is 5.92 Å². The van der Waals surface area contributed by atoms with E-state index in [0.29, 0.717) is 6.04 Å². The van der Waals surface area contributed by atoms with Gasteiger partial charge in [-0.2, -0.15) is 5.10 Å². The highest BCUT2D eigenvalue weighted by atomic mass is 16.1. The number of carbonyl (C=O) groups is 1. The molecule has 6 heteroatoms. The first-order valence-electron chi connectivity index (χ1n) is 9.04. The summed E-state index contributed by atoms with van der Waals surface area (Å²) in [5, 5.41) is 7.29. The summed E-state index contributed by atoms with van der Waals surface area (Å²) in [4.78, 5) is 19.0. The number of nitrogens with one attached hydrogen (secondary N) is 1. The van der Waals surface area contributed by atoms with Gasteiger partial charge in [0.1, 0.15) is 12.7 Å². The van der Waals surface area contributed by atoms with E-state index in [1.54, 1.807) is 11.0 Å². The molecule has 134 valence electrons. The van der Waals surface area contributed by atoms with Gasteiger partial charge in [-0.25, -0.2) is 9.67 Å². The molecule has 0 saturated carbocycles. The van der Waals surface area contributed by atoms with E-state index < -0.39 is 0 Å². The molecule has 0 aliphatic carbocycles. The molecule has 1 saturated heterocycles. The van der Waals surface area contributed by atoms with Gasteiger partial charge in [0.05, 0.1) is 11.7 Å². The lowest BCUT2D eigenvalue weighted by atomic mass is 9.94. The first-order valence-corrected chi connectivity index (χ1v) is 9.04. The lowest BCUT2D eigenvalue weighted by Gasteiger charge is -2.34. The van der Waals surface area contributed by atoms with Crippen molar-refractivity contribution in [3.63, 3.8) is 0 Å². The Kier molecular flexibility index (Phi) is 5.48. The average Bonchev–Trinajstić information content (AvgIpc) is 3.16. The number of rotatable bonds is 5. The Labute approximate surface area is 149 Å². The molecule has 0 radical (unpaired) electrons. The van der Waals surface area contributed by atoms with E-state index in [1.165, 1.54) is 6.33 Å². The topological polar surface area (TPSA) is 63.1 Å². The second kappa shape index (κ2) is 7.78. The zero-order chi connectivity index (χ0) is 17.8. The number of nitrogens with zero attached hydrogens (tertiary/aromatic N) is 4. The van der Waals surface area contributed by atoms with Crippen LogP contribution in [0, 0.1) is 5.92 Å². The number of likely N-dealkylation sites (tertiary alicyclic amines) is 1. The van der Waals surface area contributed by atoms with E-state index in [0.717, 1.165) is 37.2 Å². The van der Waals surface area contributed by atoms with Gasteiger partial charge < -0.3 is 10.2 Å². The zero-order valence-corrected chi connectivity index (χ0v) is 15.2. The van der Waals surface area contributed by atoms with Gasteiger partial charge in [-0.3, -0.25) is 4.79 Å². The van der Waals surface area contributed by atoms with Crippen molar-refractivity contribution >= 4 is 5.91 Å². The van der Waals surface area contributed by atoms with Crippen LogP contribution < -0.4 is 5.32 Å². The fourth-order valence-electron chi connectivity index (χ4n) is 3.35. The van der Waals surface area contributed by atoms with Gasteiger partial charge in [-0.1, -0.05) is 12.1 Å². The molecule has 1 unspecified atom stereocenters. The van der Waals surface area contributed by atoms with Crippen LogP contribution in [0.25, 0.3) is 5.69 Å². The highest BCUT2D eigenvalue weighted by Crippen LogP contribution is 2.21. The molecule has 6 nitrogen and oxygen atoms in total. The summed E-state index contributed by atoms with van der Waals surface area (Å²) in [7, 11) is 0. The van der Waals surface area contributed by atoms with Gasteiger partial charge in [0, 0.05) is 12.0 Å². The third-order valence-corrected chi connectivity index (χ3v) is 5.07. The van der Waals surface area contributed by atoms with Crippen LogP contribution >= 0.6 is 0 Å². The molecule has 2 heterocycles. The van der Waals surface area contributed by atoms with E-state index in [-0.39, 0.29) is 17.9 Å². The molecular weight excluding hydrogens is 314 g/mol. The van der Waals surface area contributed by atoms with Gasteiger partial charge in [0.2, 0.25) is 5.91 Å². The van der Waals surface area contributed by atoms with Crippen LogP contribution in [0.3, 0.4) is 0 Å². The molecule has 1 aromatic carbocycles. The van der Waals surface area contributed by atoms with Crippen LogP contribution in [0.5, 0.6) is 0 Å². The fraction of sp³-hybridized carbons (Fsp3) is 0.526. The molecule has 0 bridgehead atoms. The summed E-state index contributed by atoms with van der Waals surface area (Å²) < 4.78 is 1.72. The second-order valence-corrected chi connectivity index (χ2v) is 7.07. The molecule has 1 aliphatic rings. The van der Waals surface area contributed by atoms with Crippen molar-refractivity contribution in [2.75, 3.05) is 13.1 Å². The van der Waals surface area contributed by atoms with Crippen molar-refractivity contribution in [1.29, 1.82) is 0 Å². The maximum Gasteiger partial charge on any atom is 0.223 e. The van der Waals surface area contributed by atoms with Crippen molar-refractivity contribution in [1.82, 2.24) is 25.0 Å². The monoisotopic (exact) mass is 341 g/mol. The van der Waals surface area contributed by atoms with Gasteiger partial charge >= 0.3 is 0 Å².